The average molecular weight is 190 g/mol. The summed E-state index contributed by atoms with van der Waals surface area (Å²) < 4.78 is -0.220. The Labute approximate surface area is 83.9 Å². The Kier molecular flexibility index (Phi) is 2.35. The van der Waals surface area contributed by atoms with Crippen molar-refractivity contribution in [1.29, 1.82) is 0 Å². The zero-order valence-corrected chi connectivity index (χ0v) is 8.26. The molecule has 3 heteroatoms. The molecule has 0 aromatic carbocycles. The highest BCUT2D eigenvalue weighted by Crippen LogP contribution is 2.31. The van der Waals surface area contributed by atoms with Crippen molar-refractivity contribution in [2.75, 3.05) is 13.6 Å². The maximum absolute atomic E-state index is 12.1. The number of nitrogens with zero attached hydrogens (tertiary/aromatic N) is 2. The molecule has 1 aliphatic rings. The van der Waals surface area contributed by atoms with Crippen molar-refractivity contribution in [2.45, 2.75) is 12.5 Å². The van der Waals surface area contributed by atoms with Gasteiger partial charge in [-0.25, -0.2) is 0 Å². The smallest absolute Gasteiger partial charge is 0.119 e. The van der Waals surface area contributed by atoms with Gasteiger partial charge < -0.3 is 9.85 Å². The standard InChI is InChI=1S/C11H14N2O/c1-13(14)8-3-2-6-11(13)10-5-4-7-12-9-10/h2-5,7,9,11H,6,8H2,1H3. The van der Waals surface area contributed by atoms with Gasteiger partial charge in [-0.05, 0) is 18.2 Å². The number of aromatic nitrogens is 1. The van der Waals surface area contributed by atoms with Crippen molar-refractivity contribution < 1.29 is 4.65 Å². The van der Waals surface area contributed by atoms with Crippen LogP contribution in [0.25, 0.3) is 0 Å². The monoisotopic (exact) mass is 190 g/mol. The quantitative estimate of drug-likeness (QED) is 0.386. The lowest BCUT2D eigenvalue weighted by molar-refractivity contribution is -0.888. The molecule has 2 rings (SSSR count). The van der Waals surface area contributed by atoms with Crippen molar-refractivity contribution in [2.24, 2.45) is 0 Å². The molecule has 1 aromatic rings. The molecule has 0 N–H and O–H groups in total. The van der Waals surface area contributed by atoms with Crippen LogP contribution in [0.1, 0.15) is 18.0 Å². The Hall–Kier alpha value is -1.19. The van der Waals surface area contributed by atoms with Gasteiger partial charge in [0, 0.05) is 24.4 Å². The van der Waals surface area contributed by atoms with E-state index in [2.05, 4.69) is 11.1 Å². The van der Waals surface area contributed by atoms with Crippen LogP contribution in [0.5, 0.6) is 0 Å². The van der Waals surface area contributed by atoms with Crippen LogP contribution in [0.15, 0.2) is 36.7 Å². The molecule has 0 bridgehead atoms. The second-order valence-electron chi connectivity index (χ2n) is 3.87. The van der Waals surface area contributed by atoms with Gasteiger partial charge in [0.2, 0.25) is 0 Å². The van der Waals surface area contributed by atoms with Crippen molar-refractivity contribution in [3.8, 4) is 0 Å². The fraction of sp³-hybridized carbons (Fsp3) is 0.364. The Balaban J connectivity index is 2.30. The van der Waals surface area contributed by atoms with Crippen molar-refractivity contribution in [1.82, 2.24) is 4.98 Å². The Bertz CT molecular complexity index is 332. The van der Waals surface area contributed by atoms with Gasteiger partial charge in [-0.15, -0.1) is 0 Å². The van der Waals surface area contributed by atoms with Gasteiger partial charge in [0.1, 0.15) is 6.04 Å². The average Bonchev–Trinajstić information content (AvgIpc) is 2.18. The van der Waals surface area contributed by atoms with Crippen LogP contribution in [0.4, 0.5) is 0 Å². The third-order valence-electron chi connectivity index (χ3n) is 2.72. The summed E-state index contributed by atoms with van der Waals surface area (Å²) in [5.74, 6) is 0. The first-order chi connectivity index (χ1) is 6.70. The van der Waals surface area contributed by atoms with Gasteiger partial charge in [-0.1, -0.05) is 6.08 Å². The molecule has 2 atom stereocenters. The molecule has 2 heterocycles. The Morgan fingerprint density at radius 3 is 3.00 bits per heavy atom. The number of rotatable bonds is 1. The predicted molar refractivity (Wildman–Crippen MR) is 55.2 cm³/mol. The molecular weight excluding hydrogens is 176 g/mol. The molecular formula is C11H14N2O. The number of hydroxylamine groups is 3. The fourth-order valence-electron chi connectivity index (χ4n) is 1.88. The number of likely N-dealkylation sites (N-methyl/N-ethyl adjacent to an activating group) is 1. The molecule has 0 amide bonds. The summed E-state index contributed by atoms with van der Waals surface area (Å²) >= 11 is 0. The highest BCUT2D eigenvalue weighted by Gasteiger charge is 2.26. The van der Waals surface area contributed by atoms with Crippen LogP contribution in [0.2, 0.25) is 0 Å². The maximum atomic E-state index is 12.1. The molecule has 74 valence electrons. The van der Waals surface area contributed by atoms with Crippen molar-refractivity contribution >= 4 is 0 Å². The van der Waals surface area contributed by atoms with Gasteiger partial charge in [-0.3, -0.25) is 4.98 Å². The minimum atomic E-state index is -0.220. The fourth-order valence-corrected chi connectivity index (χ4v) is 1.88. The molecule has 0 saturated heterocycles. The first-order valence-corrected chi connectivity index (χ1v) is 4.81. The third-order valence-corrected chi connectivity index (χ3v) is 2.72. The zero-order valence-electron chi connectivity index (χ0n) is 8.26. The first kappa shape index (κ1) is 9.37. The molecule has 1 aliphatic heterocycles. The molecule has 0 radical (unpaired) electrons. The molecule has 14 heavy (non-hydrogen) atoms. The number of hydrogen-bond donors (Lipinski definition) is 0. The predicted octanol–water partition coefficient (Wildman–Crippen LogP) is 2.03. The lowest BCUT2D eigenvalue weighted by atomic mass is 10.0. The highest BCUT2D eigenvalue weighted by molar-refractivity contribution is 5.14. The van der Waals surface area contributed by atoms with E-state index in [1.807, 2.05) is 18.2 Å². The lowest BCUT2D eigenvalue weighted by Gasteiger charge is -2.46. The second-order valence-corrected chi connectivity index (χ2v) is 3.87. The number of hydrogen-bond acceptors (Lipinski definition) is 2. The first-order valence-electron chi connectivity index (χ1n) is 4.81. The van der Waals surface area contributed by atoms with Crippen LogP contribution in [-0.2, 0) is 0 Å². The molecule has 0 spiro atoms. The van der Waals surface area contributed by atoms with Gasteiger partial charge >= 0.3 is 0 Å². The summed E-state index contributed by atoms with van der Waals surface area (Å²) in [7, 11) is 1.72. The maximum Gasteiger partial charge on any atom is 0.119 e. The molecule has 3 nitrogen and oxygen atoms in total. The van der Waals surface area contributed by atoms with E-state index >= 15 is 0 Å². The SMILES string of the molecule is C[N+]1([O-])CC=CCC1c1cccnc1. The van der Waals surface area contributed by atoms with Crippen LogP contribution >= 0.6 is 0 Å². The van der Waals surface area contributed by atoms with E-state index in [0.29, 0.717) is 6.54 Å². The topological polar surface area (TPSA) is 36.0 Å². The summed E-state index contributed by atoms with van der Waals surface area (Å²) in [4.78, 5) is 4.05. The number of quaternary nitrogens is 1. The summed E-state index contributed by atoms with van der Waals surface area (Å²) in [6.45, 7) is 0.555. The van der Waals surface area contributed by atoms with E-state index in [0.717, 1.165) is 12.0 Å². The molecule has 2 unspecified atom stereocenters. The third kappa shape index (κ3) is 1.69. The van der Waals surface area contributed by atoms with E-state index in [1.165, 1.54) is 0 Å². The highest BCUT2D eigenvalue weighted by atomic mass is 16.5. The minimum absolute atomic E-state index is 0.00806. The normalized spacial score (nSPS) is 31.7. The summed E-state index contributed by atoms with van der Waals surface area (Å²) in [5, 5.41) is 12.1. The van der Waals surface area contributed by atoms with E-state index in [4.69, 9.17) is 0 Å². The Morgan fingerprint density at radius 2 is 2.36 bits per heavy atom. The summed E-state index contributed by atoms with van der Waals surface area (Å²) in [6.07, 6.45) is 8.37. The van der Waals surface area contributed by atoms with Gasteiger partial charge in [-0.2, -0.15) is 0 Å². The number of pyridine rings is 1. The van der Waals surface area contributed by atoms with Gasteiger partial charge in [0.15, 0.2) is 0 Å². The Morgan fingerprint density at radius 1 is 1.50 bits per heavy atom. The minimum Gasteiger partial charge on any atom is -0.632 e. The van der Waals surface area contributed by atoms with E-state index in [-0.39, 0.29) is 10.7 Å². The summed E-state index contributed by atoms with van der Waals surface area (Å²) in [5.41, 5.74) is 1.04. The van der Waals surface area contributed by atoms with E-state index < -0.39 is 0 Å². The second kappa shape index (κ2) is 3.52. The zero-order chi connectivity index (χ0) is 10.0. The van der Waals surface area contributed by atoms with Crippen LogP contribution < -0.4 is 0 Å². The lowest BCUT2D eigenvalue weighted by Crippen LogP contribution is -2.43. The van der Waals surface area contributed by atoms with E-state index in [9.17, 15) is 5.21 Å². The van der Waals surface area contributed by atoms with Crippen molar-refractivity contribution in [3.05, 3.63) is 47.4 Å². The molecule has 1 aromatic heterocycles. The van der Waals surface area contributed by atoms with Gasteiger partial charge in [0.25, 0.3) is 0 Å². The largest absolute Gasteiger partial charge is 0.632 e. The van der Waals surface area contributed by atoms with Crippen LogP contribution in [0.3, 0.4) is 0 Å². The van der Waals surface area contributed by atoms with Crippen molar-refractivity contribution in [3.63, 3.8) is 0 Å². The summed E-state index contributed by atoms with van der Waals surface area (Å²) in [6, 6.07) is 3.87. The van der Waals surface area contributed by atoms with Crippen LogP contribution in [0, 0.1) is 5.21 Å². The molecule has 0 saturated carbocycles. The van der Waals surface area contributed by atoms with E-state index in [1.54, 1.807) is 19.4 Å². The molecule has 0 aliphatic carbocycles. The molecule has 0 fully saturated rings. The van der Waals surface area contributed by atoms with Crippen LogP contribution in [-0.4, -0.2) is 23.2 Å². The van der Waals surface area contributed by atoms with Gasteiger partial charge in [0.05, 0.1) is 13.6 Å².